The molecule has 134 valence electrons. The molecule has 0 aromatic heterocycles. The zero-order chi connectivity index (χ0) is 18.4. The summed E-state index contributed by atoms with van der Waals surface area (Å²) < 4.78 is 27.5. The van der Waals surface area contributed by atoms with E-state index in [2.05, 4.69) is 10.0 Å². The van der Waals surface area contributed by atoms with E-state index >= 15 is 0 Å². The molecule has 0 saturated carbocycles. The average Bonchev–Trinajstić information content (AvgIpc) is 2.52. The van der Waals surface area contributed by atoms with Gasteiger partial charge < -0.3 is 5.32 Å². The van der Waals surface area contributed by atoms with Crippen LogP contribution in [0.25, 0.3) is 0 Å². The molecule has 2 aromatic carbocycles. The van der Waals surface area contributed by atoms with Gasteiger partial charge in [-0.15, -0.1) is 0 Å². The van der Waals surface area contributed by atoms with Gasteiger partial charge >= 0.3 is 0 Å². The normalized spacial score (nSPS) is 11.3. The number of rotatable bonds is 7. The minimum absolute atomic E-state index is 0.0652. The fourth-order valence-corrected chi connectivity index (χ4v) is 4.33. The summed E-state index contributed by atoms with van der Waals surface area (Å²) in [5.41, 5.74) is 3.44. The first kappa shape index (κ1) is 19.1. The van der Waals surface area contributed by atoms with Crippen molar-refractivity contribution < 1.29 is 13.2 Å². The minimum atomic E-state index is -3.63. The van der Waals surface area contributed by atoms with Gasteiger partial charge in [0.05, 0.1) is 4.90 Å². The van der Waals surface area contributed by atoms with Crippen molar-refractivity contribution in [3.63, 3.8) is 0 Å². The molecule has 5 nitrogen and oxygen atoms in total. The zero-order valence-electron chi connectivity index (χ0n) is 14.8. The van der Waals surface area contributed by atoms with Crippen LogP contribution in [-0.2, 0) is 21.4 Å². The van der Waals surface area contributed by atoms with Gasteiger partial charge in [-0.05, 0) is 37.5 Å². The molecule has 0 saturated heterocycles. The summed E-state index contributed by atoms with van der Waals surface area (Å²) in [7, 11) is -3.63. The molecule has 25 heavy (non-hydrogen) atoms. The maximum Gasteiger partial charge on any atom is 0.241 e. The van der Waals surface area contributed by atoms with Gasteiger partial charge in [0.2, 0.25) is 15.9 Å². The molecule has 1 amide bonds. The van der Waals surface area contributed by atoms with Crippen molar-refractivity contribution in [2.24, 2.45) is 0 Å². The highest BCUT2D eigenvalue weighted by molar-refractivity contribution is 7.89. The Morgan fingerprint density at radius 1 is 1.00 bits per heavy atom. The van der Waals surface area contributed by atoms with Gasteiger partial charge in [-0.2, -0.15) is 0 Å². The highest BCUT2D eigenvalue weighted by Gasteiger charge is 2.19. The molecule has 2 rings (SSSR count). The van der Waals surface area contributed by atoms with Crippen molar-refractivity contribution in [1.29, 1.82) is 0 Å². The molecule has 0 radical (unpaired) electrons. The molecule has 0 aliphatic carbocycles. The van der Waals surface area contributed by atoms with Crippen molar-refractivity contribution in [1.82, 2.24) is 10.0 Å². The summed E-state index contributed by atoms with van der Waals surface area (Å²) >= 11 is 0. The standard InChI is InChI=1S/C19H24N2O3S/c1-14-11-15(2)19(16(3)12-14)25(23,24)21-10-9-18(22)20-13-17-7-5-4-6-8-17/h4-8,11-12,21H,9-10,13H2,1-3H3,(H,20,22). The molecule has 0 aliphatic heterocycles. The van der Waals surface area contributed by atoms with E-state index in [0.717, 1.165) is 11.1 Å². The fourth-order valence-electron chi connectivity index (χ4n) is 2.85. The van der Waals surface area contributed by atoms with E-state index in [1.54, 1.807) is 13.8 Å². The monoisotopic (exact) mass is 360 g/mol. The van der Waals surface area contributed by atoms with E-state index in [9.17, 15) is 13.2 Å². The SMILES string of the molecule is Cc1cc(C)c(S(=O)(=O)NCCC(=O)NCc2ccccc2)c(C)c1. The summed E-state index contributed by atoms with van der Waals surface area (Å²) in [5, 5.41) is 2.78. The average molecular weight is 360 g/mol. The second kappa shape index (κ2) is 8.27. The maximum absolute atomic E-state index is 12.5. The van der Waals surface area contributed by atoms with Crippen molar-refractivity contribution in [2.75, 3.05) is 6.54 Å². The molecule has 0 aliphatic rings. The van der Waals surface area contributed by atoms with E-state index in [0.29, 0.717) is 22.6 Å². The first-order valence-corrected chi connectivity index (χ1v) is 9.66. The first-order chi connectivity index (χ1) is 11.8. The van der Waals surface area contributed by atoms with Crippen LogP contribution in [0.2, 0.25) is 0 Å². The molecular weight excluding hydrogens is 336 g/mol. The number of aryl methyl sites for hydroxylation is 3. The lowest BCUT2D eigenvalue weighted by Crippen LogP contribution is -2.31. The van der Waals surface area contributed by atoms with Gasteiger partial charge in [0.15, 0.2) is 0 Å². The lowest BCUT2D eigenvalue weighted by molar-refractivity contribution is -0.121. The van der Waals surface area contributed by atoms with Gasteiger partial charge in [-0.3, -0.25) is 4.79 Å². The Labute approximate surface area is 149 Å². The smallest absolute Gasteiger partial charge is 0.241 e. The van der Waals surface area contributed by atoms with E-state index < -0.39 is 10.0 Å². The number of carbonyl (C=O) groups excluding carboxylic acids is 1. The zero-order valence-corrected chi connectivity index (χ0v) is 15.6. The van der Waals surface area contributed by atoms with E-state index in [1.807, 2.05) is 49.4 Å². The number of carbonyl (C=O) groups is 1. The topological polar surface area (TPSA) is 75.3 Å². The highest BCUT2D eigenvalue weighted by Crippen LogP contribution is 2.21. The number of sulfonamides is 1. The predicted molar refractivity (Wildman–Crippen MR) is 98.7 cm³/mol. The third kappa shape index (κ3) is 5.41. The van der Waals surface area contributed by atoms with Crippen LogP contribution in [0.3, 0.4) is 0 Å². The molecule has 2 N–H and O–H groups in total. The Morgan fingerprint density at radius 2 is 1.60 bits per heavy atom. The molecule has 0 bridgehead atoms. The second-order valence-electron chi connectivity index (χ2n) is 6.14. The van der Waals surface area contributed by atoms with Crippen LogP contribution < -0.4 is 10.0 Å². The quantitative estimate of drug-likeness (QED) is 0.797. The van der Waals surface area contributed by atoms with Crippen molar-refractivity contribution in [3.05, 3.63) is 64.7 Å². The van der Waals surface area contributed by atoms with Crippen LogP contribution in [-0.4, -0.2) is 20.9 Å². The Morgan fingerprint density at radius 3 is 2.20 bits per heavy atom. The lowest BCUT2D eigenvalue weighted by Gasteiger charge is -2.13. The molecule has 6 heteroatoms. The second-order valence-corrected chi connectivity index (χ2v) is 7.84. The third-order valence-electron chi connectivity index (χ3n) is 3.85. The molecule has 0 heterocycles. The molecular formula is C19H24N2O3S. The third-order valence-corrected chi connectivity index (χ3v) is 5.62. The molecule has 2 aromatic rings. The predicted octanol–water partition coefficient (Wildman–Crippen LogP) is 2.60. The number of amides is 1. The number of hydrogen-bond acceptors (Lipinski definition) is 3. The van der Waals surface area contributed by atoms with E-state index in [-0.39, 0.29) is 18.9 Å². The molecule has 0 spiro atoms. The maximum atomic E-state index is 12.5. The van der Waals surface area contributed by atoms with Crippen LogP contribution in [0, 0.1) is 20.8 Å². The van der Waals surface area contributed by atoms with Crippen LogP contribution in [0.15, 0.2) is 47.4 Å². The highest BCUT2D eigenvalue weighted by atomic mass is 32.2. The summed E-state index contributed by atoms with van der Waals surface area (Å²) in [6, 6.07) is 13.2. The summed E-state index contributed by atoms with van der Waals surface area (Å²) in [6.07, 6.45) is 0.0933. The van der Waals surface area contributed by atoms with E-state index in [4.69, 9.17) is 0 Å². The summed E-state index contributed by atoms with van der Waals surface area (Å²) in [4.78, 5) is 12.2. The summed E-state index contributed by atoms with van der Waals surface area (Å²) in [6.45, 7) is 5.99. The largest absolute Gasteiger partial charge is 0.352 e. The van der Waals surface area contributed by atoms with Crippen molar-refractivity contribution >= 4 is 15.9 Å². The van der Waals surface area contributed by atoms with Crippen LogP contribution in [0.1, 0.15) is 28.7 Å². The summed E-state index contributed by atoms with van der Waals surface area (Å²) in [5.74, 6) is -0.191. The molecule has 0 unspecified atom stereocenters. The van der Waals surface area contributed by atoms with Gasteiger partial charge in [-0.25, -0.2) is 13.1 Å². The van der Waals surface area contributed by atoms with Gasteiger partial charge in [0, 0.05) is 19.5 Å². The Hall–Kier alpha value is -2.18. The van der Waals surface area contributed by atoms with Crippen LogP contribution >= 0.6 is 0 Å². The van der Waals surface area contributed by atoms with Gasteiger partial charge in [-0.1, -0.05) is 48.0 Å². The number of benzene rings is 2. The van der Waals surface area contributed by atoms with E-state index in [1.165, 1.54) is 0 Å². The lowest BCUT2D eigenvalue weighted by atomic mass is 10.1. The van der Waals surface area contributed by atoms with Crippen LogP contribution in [0.4, 0.5) is 0 Å². The van der Waals surface area contributed by atoms with Crippen molar-refractivity contribution in [2.45, 2.75) is 38.6 Å². The Bertz CT molecular complexity index is 823. The number of hydrogen-bond donors (Lipinski definition) is 2. The Kier molecular flexibility index (Phi) is 6.33. The molecule has 0 fully saturated rings. The Balaban J connectivity index is 1.89. The fraction of sp³-hybridized carbons (Fsp3) is 0.316. The van der Waals surface area contributed by atoms with Crippen molar-refractivity contribution in [3.8, 4) is 0 Å². The van der Waals surface area contributed by atoms with Gasteiger partial charge in [0.1, 0.15) is 0 Å². The minimum Gasteiger partial charge on any atom is -0.352 e. The van der Waals surface area contributed by atoms with Gasteiger partial charge in [0.25, 0.3) is 0 Å². The number of nitrogens with one attached hydrogen (secondary N) is 2. The van der Waals surface area contributed by atoms with Crippen LogP contribution in [0.5, 0.6) is 0 Å². The molecule has 0 atom stereocenters. The first-order valence-electron chi connectivity index (χ1n) is 8.18.